The lowest BCUT2D eigenvalue weighted by molar-refractivity contribution is 0.367. The molecule has 0 fully saturated rings. The van der Waals surface area contributed by atoms with E-state index in [9.17, 15) is 0 Å². The number of aliphatic imine (C=N–C) groups is 3. The Morgan fingerprint density at radius 1 is 0.593 bits per heavy atom. The molecule has 6 aromatic carbocycles. The quantitative estimate of drug-likeness (QED) is 0.177. The number of hydrogen-bond acceptors (Lipinski definition) is 3. The number of nitrogens with zero attached hydrogens (tertiary/aromatic N) is 5. The Labute approximate surface area is 313 Å². The van der Waals surface area contributed by atoms with Crippen molar-refractivity contribution in [3.05, 3.63) is 186 Å². The fraction of sp³-hybridized carbons (Fsp3) is 0.122. The van der Waals surface area contributed by atoms with Crippen LogP contribution in [0.4, 0.5) is 0 Å². The highest BCUT2D eigenvalue weighted by molar-refractivity contribution is 6.26. The second-order valence-electron chi connectivity index (χ2n) is 15.2. The van der Waals surface area contributed by atoms with E-state index in [1.54, 1.807) is 0 Å². The van der Waals surface area contributed by atoms with Gasteiger partial charge in [-0.1, -0.05) is 153 Å². The summed E-state index contributed by atoms with van der Waals surface area (Å²) in [5.74, 6) is 1.77. The molecule has 0 N–H and O–H groups in total. The van der Waals surface area contributed by atoms with Gasteiger partial charge >= 0.3 is 0 Å². The maximum atomic E-state index is 5.70. The Hall–Kier alpha value is -6.59. The van der Waals surface area contributed by atoms with Crippen LogP contribution in [0.15, 0.2) is 184 Å². The molecule has 0 saturated carbocycles. The van der Waals surface area contributed by atoms with Gasteiger partial charge in [-0.15, -0.1) is 0 Å². The molecule has 1 aliphatic heterocycles. The van der Waals surface area contributed by atoms with Crippen LogP contribution in [0, 0.1) is 5.92 Å². The van der Waals surface area contributed by atoms with Crippen molar-refractivity contribution in [1.82, 2.24) is 9.13 Å². The van der Waals surface area contributed by atoms with Gasteiger partial charge in [0.25, 0.3) is 0 Å². The third-order valence-electron chi connectivity index (χ3n) is 12.0. The van der Waals surface area contributed by atoms with Crippen LogP contribution in [0.1, 0.15) is 36.5 Å². The second-order valence-corrected chi connectivity index (χ2v) is 15.2. The van der Waals surface area contributed by atoms with Crippen LogP contribution in [0.3, 0.4) is 0 Å². The lowest BCUT2D eigenvalue weighted by Crippen LogP contribution is -2.33. The third kappa shape index (κ3) is 4.42. The fourth-order valence-electron chi connectivity index (χ4n) is 9.68. The van der Waals surface area contributed by atoms with Crippen molar-refractivity contribution in [1.29, 1.82) is 0 Å². The maximum absolute atomic E-state index is 5.70. The first-order chi connectivity index (χ1) is 26.6. The summed E-state index contributed by atoms with van der Waals surface area (Å²) in [6.45, 7) is 4.78. The number of fused-ring (bicyclic) bond motifs is 10. The SMILES string of the molecule is CC1(C)c2ccccc2C2C=CC=C(C3C=NC(c4ccccc4)=NC(n4c5ccccc5c5ccc6c7ccccc7n(-c7ccccc7)c6c54)=N3)C21. The molecular formula is C49H37N5. The molecule has 0 radical (unpaired) electrons. The first kappa shape index (κ1) is 31.0. The van der Waals surface area contributed by atoms with Crippen LogP contribution >= 0.6 is 0 Å². The predicted octanol–water partition coefficient (Wildman–Crippen LogP) is 11.2. The molecule has 0 spiro atoms. The molecule has 3 atom stereocenters. The van der Waals surface area contributed by atoms with Crippen LogP contribution in [0.5, 0.6) is 0 Å². The first-order valence-electron chi connectivity index (χ1n) is 18.8. The topological polar surface area (TPSA) is 46.9 Å². The van der Waals surface area contributed by atoms with Crippen LogP contribution < -0.4 is 0 Å². The summed E-state index contributed by atoms with van der Waals surface area (Å²) >= 11 is 0. The van der Waals surface area contributed by atoms with E-state index in [0.717, 1.165) is 44.1 Å². The van der Waals surface area contributed by atoms with E-state index < -0.39 is 0 Å². The lowest BCUT2D eigenvalue weighted by atomic mass is 9.68. The van der Waals surface area contributed by atoms with Crippen LogP contribution in [-0.4, -0.2) is 33.2 Å². The minimum absolute atomic E-state index is 0.0908. The molecule has 8 aromatic rings. The van der Waals surface area contributed by atoms with Crippen molar-refractivity contribution in [2.45, 2.75) is 31.2 Å². The summed E-state index contributed by atoms with van der Waals surface area (Å²) in [5.41, 5.74) is 10.5. The number of amidine groups is 1. The maximum Gasteiger partial charge on any atom is 0.233 e. The van der Waals surface area contributed by atoms with Crippen molar-refractivity contribution >= 4 is 61.6 Å². The van der Waals surface area contributed by atoms with E-state index >= 15 is 0 Å². The molecule has 5 heteroatoms. The summed E-state index contributed by atoms with van der Waals surface area (Å²) in [5, 5.41) is 4.72. The average Bonchev–Trinajstić information content (AvgIpc) is 3.74. The van der Waals surface area contributed by atoms with Crippen molar-refractivity contribution < 1.29 is 0 Å². The molecule has 5 nitrogen and oxygen atoms in total. The van der Waals surface area contributed by atoms with E-state index in [2.05, 4.69) is 169 Å². The van der Waals surface area contributed by atoms with Gasteiger partial charge in [-0.05, 0) is 46.4 Å². The van der Waals surface area contributed by atoms with Crippen molar-refractivity contribution in [2.24, 2.45) is 20.9 Å². The standard InChI is InChI=1S/C49H37N5/c1-49(2)40-25-12-9-20-33(40)36-23-15-24-39(44(36)49)41-30-50-47(31-16-5-3-6-17-31)52-48(51-41)54-43-27-14-11-22-35(43)38-29-28-37-34-21-10-13-26-42(34)53(45(37)46(38)54)32-18-7-4-8-19-32/h3-30,36,41,44H,1-2H3. The van der Waals surface area contributed by atoms with Crippen molar-refractivity contribution in [2.75, 3.05) is 0 Å². The van der Waals surface area contributed by atoms with Gasteiger partial charge in [0.15, 0.2) is 5.84 Å². The minimum atomic E-state index is -0.327. The van der Waals surface area contributed by atoms with Gasteiger partial charge in [0.05, 0.1) is 22.1 Å². The van der Waals surface area contributed by atoms with E-state index in [1.807, 2.05) is 24.4 Å². The minimum Gasteiger partial charge on any atom is -0.307 e. The molecule has 0 saturated heterocycles. The van der Waals surface area contributed by atoms with Gasteiger partial charge in [0.2, 0.25) is 5.96 Å². The Morgan fingerprint density at radius 3 is 1.94 bits per heavy atom. The Balaban J connectivity index is 1.23. The molecule has 11 rings (SSSR count). The zero-order chi connectivity index (χ0) is 36.0. The normalized spacial score (nSPS) is 20.2. The summed E-state index contributed by atoms with van der Waals surface area (Å²) in [6.07, 6.45) is 8.92. The van der Waals surface area contributed by atoms with Crippen LogP contribution in [0.25, 0.3) is 49.3 Å². The first-order valence-corrected chi connectivity index (χ1v) is 18.8. The van der Waals surface area contributed by atoms with Gasteiger partial charge < -0.3 is 4.57 Å². The highest BCUT2D eigenvalue weighted by Gasteiger charge is 2.48. The van der Waals surface area contributed by atoms with E-state index in [-0.39, 0.29) is 23.3 Å². The number of hydrogen-bond donors (Lipinski definition) is 0. The highest BCUT2D eigenvalue weighted by atomic mass is 15.2. The average molecular weight is 696 g/mol. The molecular weight excluding hydrogens is 659 g/mol. The monoisotopic (exact) mass is 695 g/mol. The molecule has 3 unspecified atom stereocenters. The molecule has 54 heavy (non-hydrogen) atoms. The largest absolute Gasteiger partial charge is 0.307 e. The Morgan fingerprint density at radius 2 is 1.20 bits per heavy atom. The molecule has 2 aliphatic carbocycles. The molecule has 258 valence electrons. The van der Waals surface area contributed by atoms with Gasteiger partial charge in [-0.2, -0.15) is 4.99 Å². The third-order valence-corrected chi connectivity index (χ3v) is 12.0. The lowest BCUT2D eigenvalue weighted by Gasteiger charge is -2.36. The highest BCUT2D eigenvalue weighted by Crippen LogP contribution is 2.56. The predicted molar refractivity (Wildman–Crippen MR) is 225 cm³/mol. The van der Waals surface area contributed by atoms with Gasteiger partial charge in [-0.25, -0.2) is 9.98 Å². The Kier molecular flexibility index (Phi) is 6.72. The van der Waals surface area contributed by atoms with E-state index in [0.29, 0.717) is 11.8 Å². The Bertz CT molecular complexity index is 2970. The summed E-state index contributed by atoms with van der Waals surface area (Å²) in [6, 6.07) is 51.6. The fourth-order valence-corrected chi connectivity index (χ4v) is 9.68. The molecule has 2 aromatic heterocycles. The molecule has 3 aliphatic rings. The second kappa shape index (κ2) is 11.7. The summed E-state index contributed by atoms with van der Waals surface area (Å²) in [7, 11) is 0. The van der Waals surface area contributed by atoms with Gasteiger partial charge in [0, 0.05) is 50.8 Å². The van der Waals surface area contributed by atoms with Crippen molar-refractivity contribution in [3.8, 4) is 5.69 Å². The van der Waals surface area contributed by atoms with Crippen LogP contribution in [-0.2, 0) is 5.41 Å². The summed E-state index contributed by atoms with van der Waals surface area (Å²) < 4.78 is 4.72. The number of rotatable bonds is 3. The van der Waals surface area contributed by atoms with Gasteiger partial charge in [-0.3, -0.25) is 4.57 Å². The molecule has 3 heterocycles. The zero-order valence-electron chi connectivity index (χ0n) is 30.1. The van der Waals surface area contributed by atoms with Crippen molar-refractivity contribution in [3.63, 3.8) is 0 Å². The smallest absolute Gasteiger partial charge is 0.233 e. The molecule has 0 bridgehead atoms. The van der Waals surface area contributed by atoms with Gasteiger partial charge in [0.1, 0.15) is 6.04 Å². The number of aromatic nitrogens is 2. The molecule has 0 amide bonds. The number of benzene rings is 6. The van der Waals surface area contributed by atoms with E-state index in [4.69, 9.17) is 15.0 Å². The number of allylic oxidation sites excluding steroid dienone is 3. The zero-order valence-corrected chi connectivity index (χ0v) is 30.1. The number of para-hydroxylation sites is 3. The summed E-state index contributed by atoms with van der Waals surface area (Å²) in [4.78, 5) is 16.3. The van der Waals surface area contributed by atoms with E-state index in [1.165, 1.54) is 27.5 Å². The van der Waals surface area contributed by atoms with Crippen LogP contribution in [0.2, 0.25) is 0 Å².